The van der Waals surface area contributed by atoms with E-state index in [1.807, 2.05) is 12.1 Å². The molecule has 136 valence electrons. The molecule has 1 aliphatic heterocycles. The Morgan fingerprint density at radius 2 is 1.58 bits per heavy atom. The van der Waals surface area contributed by atoms with Crippen LogP contribution in [0.25, 0.3) is 0 Å². The molecule has 0 spiro atoms. The highest BCUT2D eigenvalue weighted by Gasteiger charge is 2.28. The smallest absolute Gasteiger partial charge is 0.258 e. The van der Waals surface area contributed by atoms with Crippen molar-refractivity contribution in [3.8, 4) is 17.2 Å². The molecule has 1 heterocycles. The second-order valence-electron chi connectivity index (χ2n) is 6.02. The summed E-state index contributed by atoms with van der Waals surface area (Å²) in [7, 11) is 4.55. The van der Waals surface area contributed by atoms with Gasteiger partial charge in [0.05, 0.1) is 21.3 Å². The van der Waals surface area contributed by atoms with Crippen LogP contribution in [0.5, 0.6) is 17.2 Å². The van der Waals surface area contributed by atoms with Gasteiger partial charge in [0.25, 0.3) is 5.91 Å². The molecular formula is C20H21NO5. The Morgan fingerprint density at radius 1 is 0.923 bits per heavy atom. The van der Waals surface area contributed by atoms with Gasteiger partial charge in [-0.3, -0.25) is 9.59 Å². The highest BCUT2D eigenvalue weighted by molar-refractivity contribution is 6.08. The van der Waals surface area contributed by atoms with Crippen molar-refractivity contribution in [2.75, 3.05) is 32.8 Å². The SMILES string of the molecule is COc1cc(C(=O)N2CCc3cc(C(C)=O)ccc32)cc(OC)c1OC. The lowest BCUT2D eigenvalue weighted by Crippen LogP contribution is -2.29. The minimum atomic E-state index is -0.154. The van der Waals surface area contributed by atoms with Gasteiger partial charge in [0.15, 0.2) is 17.3 Å². The Bertz CT molecular complexity index is 849. The van der Waals surface area contributed by atoms with Crippen LogP contribution >= 0.6 is 0 Å². The summed E-state index contributed by atoms with van der Waals surface area (Å²) in [6.45, 7) is 2.10. The molecule has 0 saturated carbocycles. The van der Waals surface area contributed by atoms with Gasteiger partial charge in [-0.15, -0.1) is 0 Å². The maximum absolute atomic E-state index is 13.1. The summed E-state index contributed by atoms with van der Waals surface area (Å²) in [4.78, 5) is 26.3. The van der Waals surface area contributed by atoms with E-state index in [1.165, 1.54) is 28.3 Å². The lowest BCUT2D eigenvalue weighted by molar-refractivity contribution is 0.0986. The van der Waals surface area contributed by atoms with Crippen LogP contribution in [0, 0.1) is 0 Å². The Labute approximate surface area is 152 Å². The fourth-order valence-corrected chi connectivity index (χ4v) is 3.19. The first-order valence-electron chi connectivity index (χ1n) is 8.26. The molecule has 0 radical (unpaired) electrons. The fraction of sp³-hybridized carbons (Fsp3) is 0.300. The van der Waals surface area contributed by atoms with E-state index in [0.717, 1.165) is 11.3 Å². The number of carbonyl (C=O) groups is 2. The summed E-state index contributed by atoms with van der Waals surface area (Å²) >= 11 is 0. The molecular weight excluding hydrogens is 334 g/mol. The average molecular weight is 355 g/mol. The normalized spacial score (nSPS) is 12.5. The molecule has 0 fully saturated rings. The molecule has 3 rings (SSSR count). The van der Waals surface area contributed by atoms with Gasteiger partial charge in [-0.05, 0) is 49.2 Å². The number of ketones is 1. The van der Waals surface area contributed by atoms with Crippen molar-refractivity contribution in [3.63, 3.8) is 0 Å². The number of carbonyl (C=O) groups excluding carboxylic acids is 2. The molecule has 26 heavy (non-hydrogen) atoms. The van der Waals surface area contributed by atoms with Gasteiger partial charge in [0.2, 0.25) is 5.75 Å². The molecule has 2 aromatic carbocycles. The summed E-state index contributed by atoms with van der Waals surface area (Å²) in [6.07, 6.45) is 0.715. The standard InChI is InChI=1S/C20H21NO5/c1-12(22)13-5-6-16-14(9-13)7-8-21(16)20(23)15-10-17(24-2)19(26-4)18(11-15)25-3/h5-6,9-11H,7-8H2,1-4H3. The molecule has 0 N–H and O–H groups in total. The molecule has 0 saturated heterocycles. The van der Waals surface area contributed by atoms with E-state index in [0.29, 0.717) is 41.3 Å². The number of ether oxygens (including phenoxy) is 3. The Balaban J connectivity index is 1.98. The third kappa shape index (κ3) is 2.98. The number of hydrogen-bond donors (Lipinski definition) is 0. The monoisotopic (exact) mass is 355 g/mol. The summed E-state index contributed by atoms with van der Waals surface area (Å²) < 4.78 is 16.0. The van der Waals surface area contributed by atoms with Gasteiger partial charge >= 0.3 is 0 Å². The number of nitrogens with zero attached hydrogens (tertiary/aromatic N) is 1. The van der Waals surface area contributed by atoms with E-state index in [9.17, 15) is 9.59 Å². The minimum Gasteiger partial charge on any atom is -0.493 e. The highest BCUT2D eigenvalue weighted by atomic mass is 16.5. The van der Waals surface area contributed by atoms with Crippen molar-refractivity contribution in [2.24, 2.45) is 0 Å². The molecule has 0 aliphatic carbocycles. The van der Waals surface area contributed by atoms with Gasteiger partial charge < -0.3 is 19.1 Å². The van der Waals surface area contributed by atoms with Gasteiger partial charge in [0.1, 0.15) is 0 Å². The number of Topliss-reactive ketones (excluding diaryl/α,β-unsaturated/α-hetero) is 1. The van der Waals surface area contributed by atoms with Crippen LogP contribution in [-0.2, 0) is 6.42 Å². The van der Waals surface area contributed by atoms with E-state index in [1.54, 1.807) is 23.1 Å². The van der Waals surface area contributed by atoms with E-state index < -0.39 is 0 Å². The molecule has 2 aromatic rings. The third-order valence-electron chi connectivity index (χ3n) is 4.54. The second kappa shape index (κ2) is 7.07. The zero-order valence-electron chi connectivity index (χ0n) is 15.3. The summed E-state index contributed by atoms with van der Waals surface area (Å²) in [6, 6.07) is 8.73. The van der Waals surface area contributed by atoms with E-state index in [2.05, 4.69) is 0 Å². The Kier molecular flexibility index (Phi) is 4.84. The van der Waals surface area contributed by atoms with Crippen molar-refractivity contribution in [1.82, 2.24) is 0 Å². The number of anilines is 1. The molecule has 0 atom stereocenters. The van der Waals surface area contributed by atoms with Crippen molar-refractivity contribution in [3.05, 3.63) is 47.0 Å². The first kappa shape index (κ1) is 17.8. The number of fused-ring (bicyclic) bond motifs is 1. The van der Waals surface area contributed by atoms with Crippen LogP contribution in [0.4, 0.5) is 5.69 Å². The zero-order valence-corrected chi connectivity index (χ0v) is 15.3. The van der Waals surface area contributed by atoms with Crippen LogP contribution in [0.3, 0.4) is 0 Å². The first-order chi connectivity index (χ1) is 12.5. The van der Waals surface area contributed by atoms with Gasteiger partial charge in [-0.2, -0.15) is 0 Å². The van der Waals surface area contributed by atoms with E-state index in [4.69, 9.17) is 14.2 Å². The van der Waals surface area contributed by atoms with Crippen molar-refractivity contribution >= 4 is 17.4 Å². The first-order valence-corrected chi connectivity index (χ1v) is 8.26. The van der Waals surface area contributed by atoms with E-state index >= 15 is 0 Å². The average Bonchev–Trinajstić information content (AvgIpc) is 3.09. The molecule has 0 bridgehead atoms. The number of rotatable bonds is 5. The number of amides is 1. The zero-order chi connectivity index (χ0) is 18.8. The fourth-order valence-electron chi connectivity index (χ4n) is 3.19. The maximum atomic E-state index is 13.1. The van der Waals surface area contributed by atoms with Gasteiger partial charge in [0, 0.05) is 23.4 Å². The molecule has 1 amide bonds. The number of hydrogen-bond acceptors (Lipinski definition) is 5. The van der Waals surface area contributed by atoms with Gasteiger partial charge in [-0.25, -0.2) is 0 Å². The Hall–Kier alpha value is -3.02. The molecule has 1 aliphatic rings. The quantitative estimate of drug-likeness (QED) is 0.771. The van der Waals surface area contributed by atoms with Crippen LogP contribution in [0.2, 0.25) is 0 Å². The topological polar surface area (TPSA) is 65.1 Å². The lowest BCUT2D eigenvalue weighted by Gasteiger charge is -2.19. The summed E-state index contributed by atoms with van der Waals surface area (Å²) in [5, 5.41) is 0. The molecule has 0 unspecified atom stereocenters. The highest BCUT2D eigenvalue weighted by Crippen LogP contribution is 2.39. The summed E-state index contributed by atoms with van der Waals surface area (Å²) in [5.41, 5.74) is 2.93. The van der Waals surface area contributed by atoms with Crippen LogP contribution in [0.1, 0.15) is 33.2 Å². The largest absolute Gasteiger partial charge is 0.493 e. The van der Waals surface area contributed by atoms with E-state index in [-0.39, 0.29) is 11.7 Å². The number of benzene rings is 2. The van der Waals surface area contributed by atoms with Crippen molar-refractivity contribution in [1.29, 1.82) is 0 Å². The molecule has 6 nitrogen and oxygen atoms in total. The lowest BCUT2D eigenvalue weighted by atomic mass is 10.1. The second-order valence-corrected chi connectivity index (χ2v) is 6.02. The van der Waals surface area contributed by atoms with Crippen molar-refractivity contribution in [2.45, 2.75) is 13.3 Å². The van der Waals surface area contributed by atoms with Gasteiger partial charge in [-0.1, -0.05) is 0 Å². The third-order valence-corrected chi connectivity index (χ3v) is 4.54. The van der Waals surface area contributed by atoms with Crippen LogP contribution in [-0.4, -0.2) is 39.6 Å². The predicted octanol–water partition coefficient (Wildman–Crippen LogP) is 3.12. The Morgan fingerprint density at radius 3 is 2.12 bits per heavy atom. The maximum Gasteiger partial charge on any atom is 0.258 e. The minimum absolute atomic E-state index is 0.0159. The van der Waals surface area contributed by atoms with Crippen LogP contribution < -0.4 is 19.1 Å². The molecule has 6 heteroatoms. The summed E-state index contributed by atoms with van der Waals surface area (Å²) in [5.74, 6) is 1.17. The number of methoxy groups -OCH3 is 3. The molecule has 0 aromatic heterocycles. The van der Waals surface area contributed by atoms with Crippen molar-refractivity contribution < 1.29 is 23.8 Å². The predicted molar refractivity (Wildman–Crippen MR) is 97.9 cm³/mol. The van der Waals surface area contributed by atoms with Crippen LogP contribution in [0.15, 0.2) is 30.3 Å².